The molecular weight excluding hydrogens is 555 g/mol. The van der Waals surface area contributed by atoms with E-state index in [0.29, 0.717) is 0 Å². The van der Waals surface area contributed by atoms with Crippen molar-refractivity contribution in [1.82, 2.24) is 0 Å². The molecule has 3 aromatic carbocycles. The number of hydrogen-bond acceptors (Lipinski definition) is 1. The van der Waals surface area contributed by atoms with E-state index in [2.05, 4.69) is 105 Å². The summed E-state index contributed by atoms with van der Waals surface area (Å²) < 4.78 is 6.14. The first-order valence-electron chi connectivity index (χ1n) is 11.3. The Kier molecular flexibility index (Phi) is 8.38. The third-order valence-electron chi connectivity index (χ3n) is 6.61. The van der Waals surface area contributed by atoms with Gasteiger partial charge in [0.25, 0.3) is 0 Å². The van der Waals surface area contributed by atoms with Crippen LogP contribution in [0.5, 0.6) is 0 Å². The maximum atomic E-state index is 2.74. The van der Waals surface area contributed by atoms with Crippen molar-refractivity contribution in [2.24, 2.45) is 0 Å². The molecule has 0 atom stereocenters. The van der Waals surface area contributed by atoms with Crippen LogP contribution in [0.4, 0.5) is 0 Å². The van der Waals surface area contributed by atoms with Crippen molar-refractivity contribution in [3.05, 3.63) is 127 Å². The van der Waals surface area contributed by atoms with Gasteiger partial charge in [0.2, 0.25) is 0 Å². The Morgan fingerprint density at radius 2 is 1.62 bits per heavy atom. The molecule has 0 bridgehead atoms. The molecule has 0 unspecified atom stereocenters. The summed E-state index contributed by atoms with van der Waals surface area (Å²) in [6, 6.07) is 29.3. The molecule has 0 saturated heterocycles. The van der Waals surface area contributed by atoms with Crippen LogP contribution in [0.25, 0.3) is 16.7 Å². The number of benzene rings is 3. The van der Waals surface area contributed by atoms with Gasteiger partial charge in [-0.3, -0.25) is 0 Å². The Labute approximate surface area is 226 Å². The van der Waals surface area contributed by atoms with Gasteiger partial charge >= 0.3 is 203 Å². The first-order valence-corrected chi connectivity index (χ1v) is 16.1. The van der Waals surface area contributed by atoms with E-state index in [1.54, 1.807) is 23.5 Å². The summed E-state index contributed by atoms with van der Waals surface area (Å²) in [5.74, 6) is 0. The van der Waals surface area contributed by atoms with Crippen molar-refractivity contribution in [1.29, 1.82) is 0 Å². The molecular formula is C30H24Cl2SZr. The van der Waals surface area contributed by atoms with Crippen molar-refractivity contribution in [3.63, 3.8) is 0 Å². The van der Waals surface area contributed by atoms with E-state index in [-0.39, 0.29) is 24.8 Å². The predicted molar refractivity (Wildman–Crippen MR) is 136 cm³/mol. The summed E-state index contributed by atoms with van der Waals surface area (Å²) in [6.07, 6.45) is 8.03. The fourth-order valence-electron chi connectivity index (χ4n) is 5.09. The third-order valence-corrected chi connectivity index (χ3v) is 14.1. The van der Waals surface area contributed by atoms with Crippen LogP contribution in [0.1, 0.15) is 28.7 Å². The first-order chi connectivity index (χ1) is 15.9. The third kappa shape index (κ3) is 4.80. The largest absolute Gasteiger partial charge is 1.00 e. The Bertz CT molecular complexity index is 1380. The molecule has 0 radical (unpaired) electrons. The van der Waals surface area contributed by atoms with Crippen LogP contribution in [0, 0.1) is 0 Å². The second kappa shape index (κ2) is 11.3. The minimum absolute atomic E-state index is 0. The fourth-order valence-corrected chi connectivity index (χ4v) is 12.9. The van der Waals surface area contributed by atoms with Crippen molar-refractivity contribution < 1.29 is 46.1 Å². The Morgan fingerprint density at radius 1 is 0.824 bits per heavy atom. The van der Waals surface area contributed by atoms with Gasteiger partial charge in [-0.25, -0.2) is 0 Å². The van der Waals surface area contributed by atoms with Crippen molar-refractivity contribution in [2.75, 3.05) is 0 Å². The average molecular weight is 579 g/mol. The molecule has 4 heteroatoms. The van der Waals surface area contributed by atoms with Crippen LogP contribution in [-0.2, 0) is 34.1 Å². The number of fused-ring (bicyclic) bond motifs is 3. The second-order valence-corrected chi connectivity index (χ2v) is 15.1. The smallest absolute Gasteiger partial charge is 1.00 e. The van der Waals surface area contributed by atoms with Crippen LogP contribution in [0.2, 0.25) is 0 Å². The molecule has 4 aromatic rings. The zero-order valence-corrected chi connectivity index (χ0v) is 23.5. The van der Waals surface area contributed by atoms with E-state index < -0.39 is 21.3 Å². The Morgan fingerprint density at radius 3 is 2.44 bits per heavy atom. The standard InChI is InChI=1S/C13H9.C9H7S.C8H8.2ClH.Zr/c1-3-7-12-10(5-1)9-11-6-2-4-8-13(11)12;1-2-4-8(3-1)9-5-6-10-7-9;1-2-8-6-4-3-5-7-8;;;/h1-5,7-8H,9H2;1,3,5-7H,2H2;1,3-7H,2H2;2*1H;/q;;;;;+2/p-2. The zero-order chi connectivity index (χ0) is 21.3. The van der Waals surface area contributed by atoms with Crippen LogP contribution in [0.15, 0.2) is 105 Å². The molecule has 0 fully saturated rings. The number of hydrogen-bond donors (Lipinski definition) is 0. The van der Waals surface area contributed by atoms with E-state index in [4.69, 9.17) is 0 Å². The summed E-state index contributed by atoms with van der Waals surface area (Å²) in [4.78, 5) is 0. The number of halogens is 2. The van der Waals surface area contributed by atoms with Gasteiger partial charge in [-0.1, -0.05) is 0 Å². The predicted octanol–water partition coefficient (Wildman–Crippen LogP) is 0.987. The van der Waals surface area contributed by atoms with Gasteiger partial charge in [0.1, 0.15) is 0 Å². The molecule has 0 nitrogen and oxygen atoms in total. The number of allylic oxidation sites excluding steroid dienone is 4. The maximum Gasteiger partial charge on any atom is -1.00 e. The minimum atomic E-state index is -2.25. The molecule has 1 heterocycles. The molecule has 168 valence electrons. The van der Waals surface area contributed by atoms with E-state index in [1.807, 2.05) is 0 Å². The van der Waals surface area contributed by atoms with Crippen molar-refractivity contribution in [3.8, 4) is 11.1 Å². The Hall–Kier alpha value is -1.83. The molecule has 0 spiro atoms. The topological polar surface area (TPSA) is 0 Å². The average Bonchev–Trinajstić information content (AvgIpc) is 3.59. The summed E-state index contributed by atoms with van der Waals surface area (Å²) in [5.41, 5.74) is 10.3. The number of rotatable bonds is 5. The molecule has 0 N–H and O–H groups in total. The first kappa shape index (κ1) is 25.3. The number of thiophene rings is 1. The van der Waals surface area contributed by atoms with E-state index in [1.165, 1.54) is 33.4 Å². The SMILES string of the molecule is C1=CC(c2ccsc2)=[C]([Zr+2](=[CH]Cc2ccccc2)[c]2cccc3c2Cc2ccccc2-3)C1.[Cl-].[Cl-]. The van der Waals surface area contributed by atoms with E-state index >= 15 is 0 Å². The van der Waals surface area contributed by atoms with E-state index in [0.717, 1.165) is 19.3 Å². The normalized spacial score (nSPS) is 13.3. The van der Waals surface area contributed by atoms with Crippen LogP contribution >= 0.6 is 11.3 Å². The molecule has 0 amide bonds. The molecule has 2 aliphatic rings. The van der Waals surface area contributed by atoms with Gasteiger partial charge in [0.15, 0.2) is 0 Å². The fraction of sp³-hybridized carbons (Fsp3) is 0.100. The maximum absolute atomic E-state index is 2.74. The van der Waals surface area contributed by atoms with Gasteiger partial charge in [-0.15, -0.1) is 0 Å². The van der Waals surface area contributed by atoms with Crippen molar-refractivity contribution in [2.45, 2.75) is 19.3 Å². The van der Waals surface area contributed by atoms with Crippen LogP contribution in [-0.4, -0.2) is 3.71 Å². The van der Waals surface area contributed by atoms with Crippen LogP contribution in [0.3, 0.4) is 0 Å². The summed E-state index contributed by atoms with van der Waals surface area (Å²) in [6.45, 7) is 0. The molecule has 6 rings (SSSR count). The second-order valence-electron chi connectivity index (χ2n) is 8.48. The zero-order valence-electron chi connectivity index (χ0n) is 18.7. The van der Waals surface area contributed by atoms with Gasteiger partial charge in [-0.2, -0.15) is 0 Å². The summed E-state index contributed by atoms with van der Waals surface area (Å²) in [5, 5.41) is 4.52. The van der Waals surface area contributed by atoms with Crippen LogP contribution < -0.4 is 28.1 Å². The van der Waals surface area contributed by atoms with E-state index in [9.17, 15) is 0 Å². The monoisotopic (exact) mass is 576 g/mol. The van der Waals surface area contributed by atoms with Gasteiger partial charge in [-0.05, 0) is 0 Å². The Balaban J connectivity index is 0.00000137. The summed E-state index contributed by atoms with van der Waals surface area (Å²) >= 11 is -0.446. The van der Waals surface area contributed by atoms with Crippen molar-refractivity contribution >= 4 is 23.9 Å². The minimum Gasteiger partial charge on any atom is -1.00 e. The van der Waals surface area contributed by atoms with Gasteiger partial charge < -0.3 is 24.8 Å². The molecule has 34 heavy (non-hydrogen) atoms. The van der Waals surface area contributed by atoms with Gasteiger partial charge in [0.05, 0.1) is 0 Å². The molecule has 0 aliphatic heterocycles. The molecule has 2 aliphatic carbocycles. The summed E-state index contributed by atoms with van der Waals surface area (Å²) in [7, 11) is 0. The van der Waals surface area contributed by atoms with Gasteiger partial charge in [0, 0.05) is 0 Å². The molecule has 1 aromatic heterocycles. The quantitative estimate of drug-likeness (QED) is 0.292. The molecule has 0 saturated carbocycles.